The molecule has 0 aliphatic carbocycles. The normalized spacial score (nSPS) is 42.1. The van der Waals surface area contributed by atoms with Crippen molar-refractivity contribution in [2.24, 2.45) is 0 Å². The van der Waals surface area contributed by atoms with Crippen LogP contribution in [-0.2, 0) is 4.79 Å². The summed E-state index contributed by atoms with van der Waals surface area (Å²) in [6.45, 7) is -0.159. The molecule has 0 aromatic carbocycles. The number of fused-ring (bicyclic) bond motifs is 1. The first kappa shape index (κ1) is 10.8. The highest BCUT2D eigenvalue weighted by Gasteiger charge is 2.50. The minimum absolute atomic E-state index is 0.215. The summed E-state index contributed by atoms with van der Waals surface area (Å²) in [6.07, 6.45) is -3.78. The van der Waals surface area contributed by atoms with Crippen LogP contribution in [0.3, 0.4) is 0 Å². The van der Waals surface area contributed by atoms with Gasteiger partial charge in [0.1, 0.15) is 18.2 Å². The van der Waals surface area contributed by atoms with E-state index in [0.29, 0.717) is 6.54 Å². The van der Waals surface area contributed by atoms with Crippen LogP contribution in [0, 0.1) is 0 Å². The fourth-order valence-corrected chi connectivity index (χ4v) is 2.12. The summed E-state index contributed by atoms with van der Waals surface area (Å²) in [7, 11) is 0. The smallest absolute Gasteiger partial charge is 0.238 e. The van der Waals surface area contributed by atoms with Crippen LogP contribution in [0.2, 0.25) is 0 Å². The fraction of sp³-hybridized carbons (Fsp3) is 0.875. The standard InChI is InChI=1S/C8H14N2O5/c11-3-4-6(13)7(14)8(15)9-2-1-5(12)10(4)9/h4,6-8,11,13-15H,1-3H2/t4?,6-,7?,8?/m1/s1. The summed E-state index contributed by atoms with van der Waals surface area (Å²) < 4.78 is 0. The molecule has 15 heavy (non-hydrogen) atoms. The molecule has 2 aliphatic rings. The van der Waals surface area contributed by atoms with Crippen LogP contribution < -0.4 is 0 Å². The minimum atomic E-state index is -1.37. The SMILES string of the molecule is O=C1CCN2C(O)C(O)[C@H](O)C(CO)N12. The number of rotatable bonds is 1. The highest BCUT2D eigenvalue weighted by Crippen LogP contribution is 2.28. The van der Waals surface area contributed by atoms with Gasteiger partial charge in [0.2, 0.25) is 5.91 Å². The maximum atomic E-state index is 11.4. The van der Waals surface area contributed by atoms with Crippen LogP contribution in [0.5, 0.6) is 0 Å². The predicted molar refractivity (Wildman–Crippen MR) is 47.1 cm³/mol. The molecule has 0 bridgehead atoms. The highest BCUT2D eigenvalue weighted by molar-refractivity contribution is 5.78. The summed E-state index contributed by atoms with van der Waals surface area (Å²) in [4.78, 5) is 11.4. The highest BCUT2D eigenvalue weighted by atomic mass is 16.4. The lowest BCUT2D eigenvalue weighted by Crippen LogP contribution is -2.68. The number of hydrogen-bond acceptors (Lipinski definition) is 6. The van der Waals surface area contributed by atoms with Crippen molar-refractivity contribution in [2.45, 2.75) is 30.9 Å². The van der Waals surface area contributed by atoms with Gasteiger partial charge in [-0.2, -0.15) is 5.01 Å². The first-order chi connectivity index (χ1) is 7.07. The van der Waals surface area contributed by atoms with Gasteiger partial charge in [0.25, 0.3) is 0 Å². The van der Waals surface area contributed by atoms with E-state index < -0.39 is 31.1 Å². The molecule has 2 fully saturated rings. The van der Waals surface area contributed by atoms with Gasteiger partial charge in [-0.1, -0.05) is 0 Å². The molecule has 2 aliphatic heterocycles. The predicted octanol–water partition coefficient (Wildman–Crippen LogP) is -3.15. The summed E-state index contributed by atoms with van der Waals surface area (Å²) >= 11 is 0. The van der Waals surface area contributed by atoms with Gasteiger partial charge >= 0.3 is 0 Å². The largest absolute Gasteiger partial charge is 0.394 e. The third-order valence-electron chi connectivity index (χ3n) is 2.94. The Balaban J connectivity index is 2.28. The lowest BCUT2D eigenvalue weighted by Gasteiger charge is -2.46. The molecule has 4 atom stereocenters. The topological polar surface area (TPSA) is 104 Å². The van der Waals surface area contributed by atoms with E-state index in [2.05, 4.69) is 0 Å². The van der Waals surface area contributed by atoms with Gasteiger partial charge in [-0.05, 0) is 0 Å². The summed E-state index contributed by atoms with van der Waals surface area (Å²) in [5.41, 5.74) is 0. The molecule has 2 rings (SSSR count). The molecular formula is C8H14N2O5. The molecule has 2 heterocycles. The van der Waals surface area contributed by atoms with E-state index in [1.54, 1.807) is 0 Å². The molecular weight excluding hydrogens is 204 g/mol. The van der Waals surface area contributed by atoms with Crippen LogP contribution in [0.15, 0.2) is 0 Å². The van der Waals surface area contributed by atoms with Gasteiger partial charge in [-0.25, -0.2) is 0 Å². The number of carbonyl (C=O) groups is 1. The first-order valence-electron chi connectivity index (χ1n) is 4.81. The van der Waals surface area contributed by atoms with Crippen LogP contribution in [0.1, 0.15) is 6.42 Å². The van der Waals surface area contributed by atoms with E-state index in [0.717, 1.165) is 5.01 Å². The molecule has 0 spiro atoms. The average molecular weight is 218 g/mol. The first-order valence-corrected chi connectivity index (χ1v) is 4.81. The van der Waals surface area contributed by atoms with Gasteiger partial charge in [0.15, 0.2) is 6.23 Å². The second-order valence-electron chi connectivity index (χ2n) is 3.80. The van der Waals surface area contributed by atoms with Gasteiger partial charge in [0, 0.05) is 13.0 Å². The van der Waals surface area contributed by atoms with Crippen molar-refractivity contribution in [3.8, 4) is 0 Å². The third-order valence-corrected chi connectivity index (χ3v) is 2.94. The van der Waals surface area contributed by atoms with E-state index in [4.69, 9.17) is 5.11 Å². The second-order valence-corrected chi connectivity index (χ2v) is 3.80. The Morgan fingerprint density at radius 1 is 1.27 bits per heavy atom. The van der Waals surface area contributed by atoms with Crippen LogP contribution in [0.25, 0.3) is 0 Å². The number of hydrogen-bond donors (Lipinski definition) is 4. The second kappa shape index (κ2) is 3.69. The van der Waals surface area contributed by atoms with Crippen molar-refractivity contribution < 1.29 is 25.2 Å². The molecule has 86 valence electrons. The monoisotopic (exact) mass is 218 g/mol. The van der Waals surface area contributed by atoms with Gasteiger partial charge in [-0.15, -0.1) is 0 Å². The Morgan fingerprint density at radius 3 is 2.53 bits per heavy atom. The molecule has 0 radical (unpaired) electrons. The van der Waals surface area contributed by atoms with E-state index in [9.17, 15) is 20.1 Å². The molecule has 0 aromatic heterocycles. The van der Waals surface area contributed by atoms with Crippen LogP contribution in [-0.4, -0.2) is 74.0 Å². The van der Waals surface area contributed by atoms with Crippen molar-refractivity contribution in [1.82, 2.24) is 10.0 Å². The van der Waals surface area contributed by atoms with Gasteiger partial charge in [-0.3, -0.25) is 9.80 Å². The number of aliphatic hydroxyl groups excluding tert-OH is 4. The Labute approximate surface area is 86.1 Å². The number of amides is 1. The Morgan fingerprint density at radius 2 is 1.93 bits per heavy atom. The zero-order chi connectivity index (χ0) is 11.2. The van der Waals surface area contributed by atoms with Crippen LogP contribution >= 0.6 is 0 Å². The van der Waals surface area contributed by atoms with E-state index in [-0.39, 0.29) is 12.3 Å². The summed E-state index contributed by atoms with van der Waals surface area (Å²) in [6, 6.07) is -0.876. The molecule has 3 unspecified atom stereocenters. The van der Waals surface area contributed by atoms with Gasteiger partial charge < -0.3 is 20.4 Å². The van der Waals surface area contributed by atoms with E-state index >= 15 is 0 Å². The molecule has 7 nitrogen and oxygen atoms in total. The number of carbonyl (C=O) groups excluding carboxylic acids is 1. The maximum Gasteiger partial charge on any atom is 0.238 e. The molecule has 7 heteroatoms. The van der Waals surface area contributed by atoms with Crippen molar-refractivity contribution in [1.29, 1.82) is 0 Å². The molecule has 0 saturated carbocycles. The van der Waals surface area contributed by atoms with Crippen molar-refractivity contribution in [2.75, 3.05) is 13.2 Å². The molecule has 2 saturated heterocycles. The molecule has 1 amide bonds. The lowest BCUT2D eigenvalue weighted by molar-refractivity contribution is -0.251. The summed E-state index contributed by atoms with van der Waals surface area (Å²) in [5, 5.41) is 40.1. The number of aliphatic hydroxyl groups is 4. The fourth-order valence-electron chi connectivity index (χ4n) is 2.12. The zero-order valence-corrected chi connectivity index (χ0v) is 8.02. The Kier molecular flexibility index (Phi) is 2.65. The zero-order valence-electron chi connectivity index (χ0n) is 8.02. The molecule has 0 aromatic rings. The van der Waals surface area contributed by atoms with E-state index in [1.165, 1.54) is 5.01 Å². The number of hydrazine groups is 1. The van der Waals surface area contributed by atoms with Crippen molar-refractivity contribution >= 4 is 5.91 Å². The van der Waals surface area contributed by atoms with Crippen LogP contribution in [0.4, 0.5) is 0 Å². The quantitative estimate of drug-likeness (QED) is 0.370. The maximum absolute atomic E-state index is 11.4. The van der Waals surface area contributed by atoms with Crippen molar-refractivity contribution in [3.63, 3.8) is 0 Å². The molecule has 4 N–H and O–H groups in total. The third kappa shape index (κ3) is 1.44. The Bertz CT molecular complexity index is 274. The minimum Gasteiger partial charge on any atom is -0.394 e. The van der Waals surface area contributed by atoms with Crippen molar-refractivity contribution in [3.05, 3.63) is 0 Å². The number of nitrogens with zero attached hydrogens (tertiary/aromatic N) is 2. The van der Waals surface area contributed by atoms with Gasteiger partial charge in [0.05, 0.1) is 6.61 Å². The summed E-state index contributed by atoms with van der Waals surface area (Å²) in [5.74, 6) is -0.265. The van der Waals surface area contributed by atoms with E-state index in [1.807, 2.05) is 0 Å². The lowest BCUT2D eigenvalue weighted by atomic mass is 10.0. The Hall–Kier alpha value is -0.730. The average Bonchev–Trinajstić information content (AvgIpc) is 2.59.